The zero-order valence-corrected chi connectivity index (χ0v) is 18.9. The summed E-state index contributed by atoms with van der Waals surface area (Å²) in [6.07, 6.45) is 1.46. The molecular formula is C25H30N4O3. The van der Waals surface area contributed by atoms with Crippen molar-refractivity contribution in [3.05, 3.63) is 65.4 Å². The summed E-state index contributed by atoms with van der Waals surface area (Å²) in [6, 6.07) is 15.4. The highest BCUT2D eigenvalue weighted by Crippen LogP contribution is 2.28. The van der Waals surface area contributed by atoms with E-state index in [-0.39, 0.29) is 11.6 Å². The molecule has 3 rings (SSSR count). The Kier molecular flexibility index (Phi) is 8.12. The minimum absolute atomic E-state index is 0.000700. The van der Waals surface area contributed by atoms with E-state index in [1.54, 1.807) is 0 Å². The minimum atomic E-state index is -0.444. The molecule has 1 atom stereocenters. The number of nitrogens with zero attached hydrogens (tertiary/aromatic N) is 2. The van der Waals surface area contributed by atoms with E-state index in [9.17, 15) is 10.1 Å². The van der Waals surface area contributed by atoms with Crippen LogP contribution in [0.5, 0.6) is 5.75 Å². The van der Waals surface area contributed by atoms with Gasteiger partial charge >= 0.3 is 0 Å². The molecule has 7 heteroatoms. The number of para-hydroxylation sites is 2. The number of ether oxygens (including phenoxy) is 2. The molecule has 7 nitrogen and oxygen atoms in total. The van der Waals surface area contributed by atoms with Gasteiger partial charge in [-0.15, -0.1) is 0 Å². The van der Waals surface area contributed by atoms with Crippen LogP contribution in [0.15, 0.2) is 54.2 Å². The lowest BCUT2D eigenvalue weighted by Crippen LogP contribution is -2.36. The van der Waals surface area contributed by atoms with Crippen LogP contribution in [0, 0.1) is 18.3 Å². The second kappa shape index (κ2) is 11.2. The number of nitrogens with one attached hydrogen (secondary N) is 2. The third-order valence-electron chi connectivity index (χ3n) is 5.27. The van der Waals surface area contributed by atoms with Crippen LogP contribution in [0.4, 0.5) is 11.4 Å². The Hall–Kier alpha value is -3.50. The van der Waals surface area contributed by atoms with Gasteiger partial charge in [-0.25, -0.2) is 0 Å². The Morgan fingerprint density at radius 1 is 1.28 bits per heavy atom. The molecule has 0 saturated carbocycles. The van der Waals surface area contributed by atoms with E-state index in [0.717, 1.165) is 41.3 Å². The van der Waals surface area contributed by atoms with E-state index < -0.39 is 5.91 Å². The molecule has 0 bridgehead atoms. The molecule has 1 heterocycles. The molecule has 2 aromatic rings. The van der Waals surface area contributed by atoms with Crippen molar-refractivity contribution in [2.45, 2.75) is 26.8 Å². The third-order valence-corrected chi connectivity index (χ3v) is 5.27. The average Bonchev–Trinajstić information content (AvgIpc) is 2.81. The Balaban J connectivity index is 1.73. The fraction of sp³-hybridized carbons (Fsp3) is 0.360. The van der Waals surface area contributed by atoms with Gasteiger partial charge in [-0.2, -0.15) is 5.26 Å². The first-order valence-electron chi connectivity index (χ1n) is 10.9. The highest BCUT2D eigenvalue weighted by molar-refractivity contribution is 5.98. The van der Waals surface area contributed by atoms with E-state index in [1.165, 1.54) is 6.20 Å². The number of anilines is 2. The molecule has 1 amide bonds. The molecule has 0 spiro atoms. The lowest BCUT2D eigenvalue weighted by molar-refractivity contribution is -0.117. The predicted octanol–water partition coefficient (Wildman–Crippen LogP) is 3.93. The van der Waals surface area contributed by atoms with Gasteiger partial charge in [0.1, 0.15) is 17.4 Å². The van der Waals surface area contributed by atoms with Gasteiger partial charge in [-0.05, 0) is 39.0 Å². The molecule has 32 heavy (non-hydrogen) atoms. The minimum Gasteiger partial charge on any atom is -0.494 e. The van der Waals surface area contributed by atoms with Crippen LogP contribution in [-0.4, -0.2) is 38.8 Å². The fourth-order valence-corrected chi connectivity index (χ4v) is 3.62. The summed E-state index contributed by atoms with van der Waals surface area (Å²) in [4.78, 5) is 15.0. The maximum Gasteiger partial charge on any atom is 0.263 e. The second-order valence-electron chi connectivity index (χ2n) is 7.60. The average molecular weight is 435 g/mol. The van der Waals surface area contributed by atoms with Crippen LogP contribution in [0.25, 0.3) is 0 Å². The van der Waals surface area contributed by atoms with Gasteiger partial charge in [-0.3, -0.25) is 4.79 Å². The molecule has 0 aliphatic carbocycles. The van der Waals surface area contributed by atoms with Gasteiger partial charge in [0.2, 0.25) is 0 Å². The highest BCUT2D eigenvalue weighted by Gasteiger charge is 2.18. The lowest BCUT2D eigenvalue weighted by Gasteiger charge is -2.30. The van der Waals surface area contributed by atoms with E-state index in [0.29, 0.717) is 19.8 Å². The number of carbonyl (C=O) groups is 1. The van der Waals surface area contributed by atoms with Crippen molar-refractivity contribution in [2.24, 2.45) is 0 Å². The van der Waals surface area contributed by atoms with E-state index in [1.807, 2.05) is 69.3 Å². The van der Waals surface area contributed by atoms with Gasteiger partial charge in [0, 0.05) is 24.9 Å². The first-order valence-corrected chi connectivity index (χ1v) is 10.9. The highest BCUT2D eigenvalue weighted by atomic mass is 16.5. The molecule has 1 fully saturated rings. The summed E-state index contributed by atoms with van der Waals surface area (Å²) < 4.78 is 11.1. The molecule has 168 valence electrons. The number of hydrogen-bond acceptors (Lipinski definition) is 6. The maximum absolute atomic E-state index is 12.8. The molecule has 0 radical (unpaired) electrons. The van der Waals surface area contributed by atoms with Crippen molar-refractivity contribution in [1.29, 1.82) is 5.26 Å². The topological polar surface area (TPSA) is 86.6 Å². The Morgan fingerprint density at radius 2 is 2.03 bits per heavy atom. The number of amides is 1. The molecule has 2 N–H and O–H groups in total. The molecule has 1 unspecified atom stereocenters. The summed E-state index contributed by atoms with van der Waals surface area (Å²) in [5.41, 5.74) is 3.80. The van der Waals surface area contributed by atoms with Crippen LogP contribution in [0.3, 0.4) is 0 Å². The summed E-state index contributed by atoms with van der Waals surface area (Å²) in [6.45, 7) is 9.27. The van der Waals surface area contributed by atoms with Gasteiger partial charge in [0.25, 0.3) is 5.91 Å². The number of morpholine rings is 1. The first kappa shape index (κ1) is 23.2. The maximum atomic E-state index is 12.8. The standard InChI is InChI=1S/C25H30N4O3/c1-4-32-24-10-9-18(2)15-21(24)19(3)28-25(30)20(16-26)17-27-22-7-5-6-8-23(22)29-11-13-31-14-12-29/h5-10,15,17,19,27H,4,11-14H2,1-3H3,(H,28,30)/b20-17-. The van der Waals surface area contributed by atoms with Crippen LogP contribution in [-0.2, 0) is 9.53 Å². The van der Waals surface area contributed by atoms with Gasteiger partial charge < -0.3 is 25.0 Å². The molecule has 1 aliphatic heterocycles. The largest absolute Gasteiger partial charge is 0.494 e. The van der Waals surface area contributed by atoms with Crippen molar-refractivity contribution >= 4 is 17.3 Å². The molecule has 0 aromatic heterocycles. The quantitative estimate of drug-likeness (QED) is 0.484. The number of nitriles is 1. The second-order valence-corrected chi connectivity index (χ2v) is 7.60. The van der Waals surface area contributed by atoms with Crippen LogP contribution >= 0.6 is 0 Å². The van der Waals surface area contributed by atoms with Gasteiger partial charge in [0.15, 0.2) is 0 Å². The van der Waals surface area contributed by atoms with Crippen molar-refractivity contribution in [3.63, 3.8) is 0 Å². The Labute approximate surface area is 189 Å². The van der Waals surface area contributed by atoms with E-state index in [4.69, 9.17) is 9.47 Å². The Bertz CT molecular complexity index is 1010. The predicted molar refractivity (Wildman–Crippen MR) is 126 cm³/mol. The zero-order chi connectivity index (χ0) is 22.9. The number of aryl methyl sites for hydroxylation is 1. The van der Waals surface area contributed by atoms with Crippen LogP contribution in [0.2, 0.25) is 0 Å². The SMILES string of the molecule is CCOc1ccc(C)cc1C(C)NC(=O)/C(C#N)=C\Nc1ccccc1N1CCOCC1. The summed E-state index contributed by atoms with van der Waals surface area (Å²) in [5, 5.41) is 15.6. The summed E-state index contributed by atoms with van der Waals surface area (Å²) in [7, 11) is 0. The number of carbonyl (C=O) groups excluding carboxylic acids is 1. The zero-order valence-electron chi connectivity index (χ0n) is 18.9. The van der Waals surface area contributed by atoms with E-state index in [2.05, 4.69) is 15.5 Å². The smallest absolute Gasteiger partial charge is 0.263 e. The van der Waals surface area contributed by atoms with Crippen LogP contribution in [0.1, 0.15) is 31.0 Å². The normalized spacial score (nSPS) is 14.9. The fourth-order valence-electron chi connectivity index (χ4n) is 3.62. The van der Waals surface area contributed by atoms with Gasteiger partial charge in [0.05, 0.1) is 37.2 Å². The number of hydrogen-bond donors (Lipinski definition) is 2. The van der Waals surface area contributed by atoms with Crippen LogP contribution < -0.4 is 20.3 Å². The lowest BCUT2D eigenvalue weighted by atomic mass is 10.0. The first-order chi connectivity index (χ1) is 15.5. The monoisotopic (exact) mass is 434 g/mol. The third kappa shape index (κ3) is 5.80. The van der Waals surface area contributed by atoms with Crippen molar-refractivity contribution < 1.29 is 14.3 Å². The number of benzene rings is 2. The molecule has 1 aliphatic rings. The van der Waals surface area contributed by atoms with E-state index >= 15 is 0 Å². The molecule has 1 saturated heterocycles. The van der Waals surface area contributed by atoms with Crippen molar-refractivity contribution in [3.8, 4) is 11.8 Å². The summed E-state index contributed by atoms with van der Waals surface area (Å²) >= 11 is 0. The molecular weight excluding hydrogens is 404 g/mol. The summed E-state index contributed by atoms with van der Waals surface area (Å²) in [5.74, 6) is 0.284. The van der Waals surface area contributed by atoms with Gasteiger partial charge in [-0.1, -0.05) is 29.8 Å². The number of rotatable bonds is 8. The van der Waals surface area contributed by atoms with Crippen molar-refractivity contribution in [1.82, 2.24) is 5.32 Å². The van der Waals surface area contributed by atoms with Crippen molar-refractivity contribution in [2.75, 3.05) is 43.1 Å². The molecule has 2 aromatic carbocycles. The Morgan fingerprint density at radius 3 is 2.75 bits per heavy atom.